The van der Waals surface area contributed by atoms with Crippen molar-refractivity contribution in [2.24, 2.45) is 0 Å². The van der Waals surface area contributed by atoms with Gasteiger partial charge < -0.3 is 10.2 Å². The molecule has 1 fully saturated rings. The second-order valence-electron chi connectivity index (χ2n) is 6.43. The van der Waals surface area contributed by atoms with Gasteiger partial charge in [0, 0.05) is 24.5 Å². The zero-order valence-corrected chi connectivity index (χ0v) is 15.9. The molecule has 0 atom stereocenters. The maximum Gasteiger partial charge on any atom is 0.234 e. The average molecular weight is 398 g/mol. The predicted molar refractivity (Wildman–Crippen MR) is 106 cm³/mol. The van der Waals surface area contributed by atoms with Gasteiger partial charge >= 0.3 is 0 Å². The number of hydrogen-bond donors (Lipinski definition) is 1. The lowest BCUT2D eigenvalue weighted by Gasteiger charge is -2.17. The van der Waals surface area contributed by atoms with Crippen LogP contribution < -0.4 is 10.2 Å². The fourth-order valence-electron chi connectivity index (χ4n) is 3.10. The number of benzene rings is 2. The highest BCUT2D eigenvalue weighted by Gasteiger charge is 2.14. The van der Waals surface area contributed by atoms with Crippen molar-refractivity contribution in [1.29, 1.82) is 0 Å². The number of halogens is 1. The van der Waals surface area contributed by atoms with Crippen LogP contribution in [0.3, 0.4) is 0 Å². The molecule has 1 aliphatic rings. The molecule has 0 unspecified atom stereocenters. The van der Waals surface area contributed by atoms with Crippen LogP contribution in [0, 0.1) is 5.82 Å². The molecular weight excluding hydrogens is 379 g/mol. The van der Waals surface area contributed by atoms with E-state index < -0.39 is 0 Å². The Hall–Kier alpha value is -2.94. The number of aromatic nitrogens is 4. The number of rotatable bonds is 6. The second-order valence-corrected chi connectivity index (χ2v) is 7.37. The van der Waals surface area contributed by atoms with Crippen LogP contribution in [0.2, 0.25) is 0 Å². The van der Waals surface area contributed by atoms with E-state index in [4.69, 9.17) is 0 Å². The number of amides is 1. The molecule has 0 saturated carbocycles. The summed E-state index contributed by atoms with van der Waals surface area (Å²) in [5.41, 5.74) is 2.43. The summed E-state index contributed by atoms with van der Waals surface area (Å²) in [6, 6.07) is 13.8. The molecule has 3 aromatic rings. The maximum absolute atomic E-state index is 13.4. The Kier molecular flexibility index (Phi) is 5.52. The number of carbonyl (C=O) groups is 1. The van der Waals surface area contributed by atoms with Crippen molar-refractivity contribution < 1.29 is 9.18 Å². The van der Waals surface area contributed by atoms with Crippen LogP contribution in [0.4, 0.5) is 15.8 Å². The van der Waals surface area contributed by atoms with E-state index in [2.05, 4.69) is 25.7 Å². The third kappa shape index (κ3) is 4.30. The van der Waals surface area contributed by atoms with E-state index in [9.17, 15) is 9.18 Å². The van der Waals surface area contributed by atoms with Crippen LogP contribution in [-0.4, -0.2) is 45.0 Å². The molecule has 1 N–H and O–H groups in total. The van der Waals surface area contributed by atoms with E-state index in [1.54, 1.807) is 12.1 Å². The van der Waals surface area contributed by atoms with Gasteiger partial charge in [-0.2, -0.15) is 4.68 Å². The summed E-state index contributed by atoms with van der Waals surface area (Å²) in [5, 5.41) is 14.7. The molecular formula is C19H19FN6OS. The first-order valence-electron chi connectivity index (χ1n) is 9.01. The molecule has 0 radical (unpaired) electrons. The van der Waals surface area contributed by atoms with Crippen molar-refractivity contribution in [3.63, 3.8) is 0 Å². The highest BCUT2D eigenvalue weighted by molar-refractivity contribution is 7.99. The highest BCUT2D eigenvalue weighted by Crippen LogP contribution is 2.23. The van der Waals surface area contributed by atoms with E-state index in [-0.39, 0.29) is 17.5 Å². The van der Waals surface area contributed by atoms with Crippen molar-refractivity contribution in [3.05, 3.63) is 54.3 Å². The SMILES string of the molecule is O=C(CSc1nnnn1-c1cccc(F)c1)Nc1ccc(N2CCCC2)cc1. The van der Waals surface area contributed by atoms with Crippen LogP contribution in [0.5, 0.6) is 0 Å². The van der Waals surface area contributed by atoms with Gasteiger partial charge in [-0.05, 0) is 65.7 Å². The lowest BCUT2D eigenvalue weighted by Crippen LogP contribution is -2.18. The first kappa shape index (κ1) is 18.4. The van der Waals surface area contributed by atoms with Gasteiger partial charge in [0.2, 0.25) is 11.1 Å². The quantitative estimate of drug-likeness (QED) is 0.643. The Morgan fingerprint density at radius 3 is 2.64 bits per heavy atom. The topological polar surface area (TPSA) is 75.9 Å². The zero-order valence-electron chi connectivity index (χ0n) is 15.1. The van der Waals surface area contributed by atoms with Crippen LogP contribution in [0.1, 0.15) is 12.8 Å². The smallest absolute Gasteiger partial charge is 0.234 e. The standard InChI is InChI=1S/C19H19FN6OS/c20-14-4-3-5-17(12-14)26-19(22-23-24-26)28-13-18(27)21-15-6-8-16(9-7-15)25-10-1-2-11-25/h3-9,12H,1-2,10-11,13H2,(H,21,27). The number of thioether (sulfide) groups is 1. The number of carbonyl (C=O) groups excluding carboxylic acids is 1. The van der Waals surface area contributed by atoms with Gasteiger partial charge in [-0.15, -0.1) is 5.10 Å². The third-order valence-electron chi connectivity index (χ3n) is 4.45. The molecule has 2 heterocycles. The molecule has 0 spiro atoms. The first-order valence-corrected chi connectivity index (χ1v) is 9.99. The van der Waals surface area contributed by atoms with Crippen molar-refractivity contribution in [2.75, 3.05) is 29.1 Å². The van der Waals surface area contributed by atoms with Gasteiger partial charge in [-0.25, -0.2) is 4.39 Å². The van der Waals surface area contributed by atoms with Crippen molar-refractivity contribution in [1.82, 2.24) is 20.2 Å². The minimum atomic E-state index is -0.376. The fourth-order valence-corrected chi connectivity index (χ4v) is 3.79. The highest BCUT2D eigenvalue weighted by atomic mass is 32.2. The number of nitrogens with one attached hydrogen (secondary N) is 1. The summed E-state index contributed by atoms with van der Waals surface area (Å²) < 4.78 is 14.8. The number of anilines is 2. The Morgan fingerprint density at radius 1 is 1.11 bits per heavy atom. The molecule has 1 aromatic heterocycles. The summed E-state index contributed by atoms with van der Waals surface area (Å²) in [5.74, 6) is -0.393. The van der Waals surface area contributed by atoms with Crippen LogP contribution in [-0.2, 0) is 4.79 Å². The first-order chi connectivity index (χ1) is 13.7. The largest absolute Gasteiger partial charge is 0.372 e. The number of nitrogens with zero attached hydrogens (tertiary/aromatic N) is 5. The number of hydrogen-bond acceptors (Lipinski definition) is 6. The number of tetrazole rings is 1. The monoisotopic (exact) mass is 398 g/mol. The van der Waals surface area contributed by atoms with Gasteiger partial charge in [-0.3, -0.25) is 4.79 Å². The minimum Gasteiger partial charge on any atom is -0.372 e. The van der Waals surface area contributed by atoms with Gasteiger partial charge in [0.25, 0.3) is 0 Å². The molecule has 0 bridgehead atoms. The Balaban J connectivity index is 1.34. The molecule has 144 valence electrons. The molecule has 4 rings (SSSR count). The lowest BCUT2D eigenvalue weighted by molar-refractivity contribution is -0.113. The molecule has 0 aliphatic carbocycles. The fraction of sp³-hybridized carbons (Fsp3) is 0.263. The normalized spacial score (nSPS) is 13.7. The molecule has 9 heteroatoms. The van der Waals surface area contributed by atoms with Crippen molar-refractivity contribution in [2.45, 2.75) is 18.0 Å². The predicted octanol–water partition coefficient (Wildman–Crippen LogP) is 3.13. The third-order valence-corrected chi connectivity index (χ3v) is 5.37. The second kappa shape index (κ2) is 8.39. The lowest BCUT2D eigenvalue weighted by atomic mass is 10.2. The average Bonchev–Trinajstić information content (AvgIpc) is 3.39. The van der Waals surface area contributed by atoms with E-state index in [1.165, 1.54) is 47.1 Å². The molecule has 1 amide bonds. The van der Waals surface area contributed by atoms with Gasteiger partial charge in [0.05, 0.1) is 11.4 Å². The van der Waals surface area contributed by atoms with Crippen molar-refractivity contribution in [3.8, 4) is 5.69 Å². The zero-order chi connectivity index (χ0) is 19.3. The summed E-state index contributed by atoms with van der Waals surface area (Å²) in [7, 11) is 0. The minimum absolute atomic E-state index is 0.142. The molecule has 2 aromatic carbocycles. The molecule has 1 saturated heterocycles. The van der Waals surface area contributed by atoms with E-state index >= 15 is 0 Å². The van der Waals surface area contributed by atoms with Crippen LogP contribution in [0.25, 0.3) is 5.69 Å². The molecule has 7 nitrogen and oxygen atoms in total. The Bertz CT molecular complexity index is 955. The van der Waals surface area contributed by atoms with Crippen LogP contribution >= 0.6 is 11.8 Å². The van der Waals surface area contributed by atoms with Gasteiger partial charge in [0.1, 0.15) is 5.82 Å². The van der Waals surface area contributed by atoms with E-state index in [1.807, 2.05) is 24.3 Å². The molecule has 28 heavy (non-hydrogen) atoms. The summed E-state index contributed by atoms with van der Waals surface area (Å²) in [6.45, 7) is 2.17. The summed E-state index contributed by atoms with van der Waals surface area (Å²) in [4.78, 5) is 14.6. The maximum atomic E-state index is 13.4. The van der Waals surface area contributed by atoms with Gasteiger partial charge in [-0.1, -0.05) is 17.8 Å². The van der Waals surface area contributed by atoms with Crippen molar-refractivity contribution >= 4 is 29.0 Å². The Morgan fingerprint density at radius 2 is 1.89 bits per heavy atom. The van der Waals surface area contributed by atoms with Crippen LogP contribution in [0.15, 0.2) is 53.7 Å². The molecule has 1 aliphatic heterocycles. The van der Waals surface area contributed by atoms with Gasteiger partial charge in [0.15, 0.2) is 0 Å². The Labute approximate surface area is 165 Å². The van der Waals surface area contributed by atoms with E-state index in [0.717, 1.165) is 18.8 Å². The van der Waals surface area contributed by atoms with E-state index in [0.29, 0.717) is 10.8 Å². The summed E-state index contributed by atoms with van der Waals surface area (Å²) >= 11 is 1.19. The summed E-state index contributed by atoms with van der Waals surface area (Å²) in [6.07, 6.45) is 2.45.